The largest absolute Gasteiger partial charge is 0.490 e. The van der Waals surface area contributed by atoms with E-state index < -0.39 is 12.4 Å². The number of benzene rings is 1. The third kappa shape index (κ3) is 3.33. The van der Waals surface area contributed by atoms with Crippen molar-refractivity contribution in [3.63, 3.8) is 0 Å². The number of fused-ring (bicyclic) bond motifs is 1. The molecule has 0 aliphatic carbocycles. The van der Waals surface area contributed by atoms with Crippen LogP contribution in [0.1, 0.15) is 30.4 Å². The highest BCUT2D eigenvalue weighted by atomic mass is 19.3. The van der Waals surface area contributed by atoms with E-state index in [1.54, 1.807) is 0 Å². The van der Waals surface area contributed by atoms with Crippen molar-refractivity contribution in [1.82, 2.24) is 0 Å². The minimum Gasteiger partial charge on any atom is -0.490 e. The van der Waals surface area contributed by atoms with E-state index in [-0.39, 0.29) is 18.4 Å². The van der Waals surface area contributed by atoms with Crippen LogP contribution in [0.5, 0.6) is 11.5 Å². The van der Waals surface area contributed by atoms with Crippen LogP contribution in [0.3, 0.4) is 0 Å². The van der Waals surface area contributed by atoms with Crippen molar-refractivity contribution in [2.45, 2.75) is 25.7 Å². The van der Waals surface area contributed by atoms with Crippen molar-refractivity contribution in [2.75, 3.05) is 13.2 Å². The molecule has 0 atom stereocenters. The highest BCUT2D eigenvalue weighted by molar-refractivity contribution is 5.67. The fraction of sp³-hybridized carbons (Fsp3) is 0.462. The molecule has 1 aliphatic rings. The Morgan fingerprint density at radius 1 is 1.26 bits per heavy atom. The third-order valence-corrected chi connectivity index (χ3v) is 2.85. The number of rotatable bonds is 4. The topological polar surface area (TPSA) is 55.8 Å². The molecule has 0 saturated heterocycles. The van der Waals surface area contributed by atoms with Crippen molar-refractivity contribution >= 4 is 5.97 Å². The zero-order valence-corrected chi connectivity index (χ0v) is 10.2. The molecule has 6 heteroatoms. The Kier molecular flexibility index (Phi) is 4.19. The monoisotopic (exact) mass is 272 g/mol. The number of carboxylic acids is 1. The lowest BCUT2D eigenvalue weighted by Gasteiger charge is -2.13. The standard InChI is InChI=1S/C13H14F2O4/c14-13(15)9-7-11-10(18-4-1-5-19-11)6-8(9)2-3-12(16)17/h6-7,13H,1-5H2,(H,16,17). The van der Waals surface area contributed by atoms with E-state index in [0.717, 1.165) is 0 Å². The highest BCUT2D eigenvalue weighted by Gasteiger charge is 2.20. The van der Waals surface area contributed by atoms with Gasteiger partial charge in [0.25, 0.3) is 6.43 Å². The smallest absolute Gasteiger partial charge is 0.303 e. The first-order valence-electron chi connectivity index (χ1n) is 6.00. The van der Waals surface area contributed by atoms with E-state index in [0.29, 0.717) is 36.7 Å². The predicted molar refractivity (Wildman–Crippen MR) is 63.0 cm³/mol. The summed E-state index contributed by atoms with van der Waals surface area (Å²) < 4.78 is 36.7. The van der Waals surface area contributed by atoms with Crippen LogP contribution < -0.4 is 9.47 Å². The number of hydrogen-bond donors (Lipinski definition) is 1. The van der Waals surface area contributed by atoms with Gasteiger partial charge in [0.2, 0.25) is 0 Å². The van der Waals surface area contributed by atoms with Crippen LogP contribution in [0.4, 0.5) is 8.78 Å². The SMILES string of the molecule is O=C(O)CCc1cc2c(cc1C(F)F)OCCCO2. The van der Waals surface area contributed by atoms with Gasteiger partial charge >= 0.3 is 5.97 Å². The molecule has 0 radical (unpaired) electrons. The van der Waals surface area contributed by atoms with Crippen LogP contribution in [0.25, 0.3) is 0 Å². The van der Waals surface area contributed by atoms with Crippen molar-refractivity contribution in [3.8, 4) is 11.5 Å². The van der Waals surface area contributed by atoms with E-state index in [9.17, 15) is 13.6 Å². The molecule has 0 bridgehead atoms. The molecule has 1 aromatic rings. The normalized spacial score (nSPS) is 14.3. The van der Waals surface area contributed by atoms with Crippen molar-refractivity contribution in [1.29, 1.82) is 0 Å². The fourth-order valence-corrected chi connectivity index (χ4v) is 1.93. The van der Waals surface area contributed by atoms with Crippen molar-refractivity contribution in [2.24, 2.45) is 0 Å². The molecule has 0 saturated carbocycles. The van der Waals surface area contributed by atoms with Gasteiger partial charge in [-0.25, -0.2) is 8.78 Å². The van der Waals surface area contributed by atoms with Gasteiger partial charge in [-0.05, 0) is 24.1 Å². The molecule has 1 heterocycles. The van der Waals surface area contributed by atoms with E-state index in [1.165, 1.54) is 12.1 Å². The van der Waals surface area contributed by atoms with Gasteiger partial charge < -0.3 is 14.6 Å². The molecule has 104 valence electrons. The van der Waals surface area contributed by atoms with Crippen LogP contribution in [0.2, 0.25) is 0 Å². The summed E-state index contributed by atoms with van der Waals surface area (Å²) in [5.74, 6) is -0.318. The summed E-state index contributed by atoms with van der Waals surface area (Å²) in [6, 6.07) is 2.72. The summed E-state index contributed by atoms with van der Waals surface area (Å²) in [4.78, 5) is 10.6. The van der Waals surface area contributed by atoms with Gasteiger partial charge in [0, 0.05) is 18.4 Å². The molecule has 0 unspecified atom stereocenters. The second-order valence-electron chi connectivity index (χ2n) is 4.24. The summed E-state index contributed by atoms with van der Waals surface area (Å²) in [5.41, 5.74) is 0.104. The maximum atomic E-state index is 13.0. The number of ether oxygens (including phenoxy) is 2. The number of aryl methyl sites for hydroxylation is 1. The average Bonchev–Trinajstić information content (AvgIpc) is 2.59. The zero-order valence-electron chi connectivity index (χ0n) is 10.2. The second-order valence-corrected chi connectivity index (χ2v) is 4.24. The first kappa shape index (κ1) is 13.6. The highest BCUT2D eigenvalue weighted by Crippen LogP contribution is 2.37. The molecule has 4 nitrogen and oxygen atoms in total. The minimum absolute atomic E-state index is 0.0473. The Morgan fingerprint density at radius 2 is 1.89 bits per heavy atom. The summed E-state index contributed by atoms with van der Waals surface area (Å²) in [6.45, 7) is 0.879. The molecule has 1 aromatic carbocycles. The Morgan fingerprint density at radius 3 is 2.47 bits per heavy atom. The molecule has 1 aliphatic heterocycles. The fourth-order valence-electron chi connectivity index (χ4n) is 1.93. The molecule has 2 rings (SSSR count). The molecular formula is C13H14F2O4. The molecule has 0 aromatic heterocycles. The van der Waals surface area contributed by atoms with E-state index >= 15 is 0 Å². The first-order chi connectivity index (χ1) is 9.08. The number of hydrogen-bond acceptors (Lipinski definition) is 3. The predicted octanol–water partition coefficient (Wildman–Crippen LogP) is 2.80. The molecular weight excluding hydrogens is 258 g/mol. The maximum Gasteiger partial charge on any atom is 0.303 e. The van der Waals surface area contributed by atoms with Crippen LogP contribution in [-0.2, 0) is 11.2 Å². The second kappa shape index (κ2) is 5.86. The van der Waals surface area contributed by atoms with E-state index in [4.69, 9.17) is 14.6 Å². The Labute approximate surface area is 108 Å². The van der Waals surface area contributed by atoms with Crippen LogP contribution in [-0.4, -0.2) is 24.3 Å². The number of carbonyl (C=O) groups is 1. The van der Waals surface area contributed by atoms with E-state index in [2.05, 4.69) is 0 Å². The lowest BCUT2D eigenvalue weighted by Crippen LogP contribution is -2.03. The van der Waals surface area contributed by atoms with Crippen molar-refractivity contribution < 1.29 is 28.2 Å². The van der Waals surface area contributed by atoms with Crippen LogP contribution >= 0.6 is 0 Å². The molecule has 1 N–H and O–H groups in total. The van der Waals surface area contributed by atoms with E-state index in [1.807, 2.05) is 0 Å². The quantitative estimate of drug-likeness (QED) is 0.915. The summed E-state index contributed by atoms with van der Waals surface area (Å²) >= 11 is 0. The number of aliphatic carboxylic acids is 1. The Bertz CT molecular complexity index is 474. The summed E-state index contributed by atoms with van der Waals surface area (Å²) in [5, 5.41) is 8.64. The third-order valence-electron chi connectivity index (χ3n) is 2.85. The molecule has 0 spiro atoms. The van der Waals surface area contributed by atoms with Gasteiger partial charge in [-0.2, -0.15) is 0 Å². The molecule has 0 fully saturated rings. The average molecular weight is 272 g/mol. The maximum absolute atomic E-state index is 13.0. The Balaban J connectivity index is 2.33. The zero-order chi connectivity index (χ0) is 13.8. The van der Waals surface area contributed by atoms with Crippen LogP contribution in [0, 0.1) is 0 Å². The minimum atomic E-state index is -2.67. The van der Waals surface area contributed by atoms with Gasteiger partial charge in [-0.15, -0.1) is 0 Å². The number of halogens is 2. The van der Waals surface area contributed by atoms with Crippen molar-refractivity contribution in [3.05, 3.63) is 23.3 Å². The number of carboxylic acid groups (broad SMARTS) is 1. The first-order valence-corrected chi connectivity index (χ1v) is 6.00. The van der Waals surface area contributed by atoms with Gasteiger partial charge in [-0.1, -0.05) is 0 Å². The van der Waals surface area contributed by atoms with Gasteiger partial charge in [-0.3, -0.25) is 4.79 Å². The van der Waals surface area contributed by atoms with Gasteiger partial charge in [0.05, 0.1) is 13.2 Å². The Hall–Kier alpha value is -1.85. The van der Waals surface area contributed by atoms with Gasteiger partial charge in [0.15, 0.2) is 11.5 Å². The van der Waals surface area contributed by atoms with Gasteiger partial charge in [0.1, 0.15) is 0 Å². The van der Waals surface area contributed by atoms with Crippen LogP contribution in [0.15, 0.2) is 12.1 Å². The number of alkyl halides is 2. The lowest BCUT2D eigenvalue weighted by molar-refractivity contribution is -0.136. The molecule has 0 amide bonds. The lowest BCUT2D eigenvalue weighted by atomic mass is 10.0. The summed E-state index contributed by atoms with van der Waals surface area (Å²) in [6.07, 6.45) is -2.13. The molecule has 19 heavy (non-hydrogen) atoms. The summed E-state index contributed by atoms with van der Waals surface area (Å²) in [7, 11) is 0.